The van der Waals surface area contributed by atoms with Crippen LogP contribution in [0.1, 0.15) is 37.7 Å². The molecule has 0 aliphatic carbocycles. The molecule has 1 aromatic heterocycles. The first kappa shape index (κ1) is 11.5. The number of aryl methyl sites for hydroxylation is 1. The lowest BCUT2D eigenvalue weighted by molar-refractivity contribution is 0.0990. The van der Waals surface area contributed by atoms with Crippen LogP contribution in [0, 0.1) is 17.3 Å². The molecule has 0 aromatic carbocycles. The highest BCUT2D eigenvalue weighted by Crippen LogP contribution is 2.10. The predicted molar refractivity (Wildman–Crippen MR) is 59.4 cm³/mol. The molecular weight excluding hydrogens is 188 g/mol. The van der Waals surface area contributed by atoms with Crippen molar-refractivity contribution in [2.45, 2.75) is 27.2 Å². The van der Waals surface area contributed by atoms with Crippen molar-refractivity contribution in [3.8, 4) is 11.8 Å². The minimum absolute atomic E-state index is 0.0201. The van der Waals surface area contributed by atoms with Gasteiger partial charge >= 0.3 is 0 Å². The molecule has 0 atom stereocenters. The fourth-order valence-electron chi connectivity index (χ4n) is 1.11. The third kappa shape index (κ3) is 3.59. The van der Waals surface area contributed by atoms with Crippen LogP contribution in [0.4, 0.5) is 0 Å². The Hall–Kier alpha value is -1.56. The number of carbonyl (C=O) groups is 1. The zero-order chi connectivity index (χ0) is 11.5. The summed E-state index contributed by atoms with van der Waals surface area (Å²) in [6.45, 7) is 6.07. The standard InChI is InChI=1S/C12H16N2O/c1-12(2,3)7-5-6-11(15)10-8-13-9-14(10)4/h8-9H,6H2,1-4H3. The third-order valence-electron chi connectivity index (χ3n) is 1.81. The summed E-state index contributed by atoms with van der Waals surface area (Å²) < 4.78 is 1.71. The van der Waals surface area contributed by atoms with Gasteiger partial charge in [0.25, 0.3) is 0 Å². The van der Waals surface area contributed by atoms with Crippen LogP contribution in [0.2, 0.25) is 0 Å². The van der Waals surface area contributed by atoms with Gasteiger partial charge in [0, 0.05) is 12.5 Å². The van der Waals surface area contributed by atoms with Gasteiger partial charge in [-0.3, -0.25) is 4.79 Å². The molecule has 3 nitrogen and oxygen atoms in total. The molecule has 0 aliphatic heterocycles. The second-order valence-electron chi connectivity index (χ2n) is 4.54. The molecule has 1 aromatic rings. The van der Waals surface area contributed by atoms with E-state index < -0.39 is 0 Å². The largest absolute Gasteiger partial charge is 0.331 e. The van der Waals surface area contributed by atoms with Crippen molar-refractivity contribution in [2.24, 2.45) is 12.5 Å². The zero-order valence-electron chi connectivity index (χ0n) is 9.66. The van der Waals surface area contributed by atoms with Crippen LogP contribution in [0.5, 0.6) is 0 Å². The average Bonchev–Trinajstić information content (AvgIpc) is 2.48. The van der Waals surface area contributed by atoms with Crippen LogP contribution in [-0.4, -0.2) is 15.3 Å². The van der Waals surface area contributed by atoms with Gasteiger partial charge in [0.15, 0.2) is 5.78 Å². The molecule has 0 spiro atoms. The van der Waals surface area contributed by atoms with Gasteiger partial charge in [0.1, 0.15) is 5.69 Å². The minimum Gasteiger partial charge on any atom is -0.331 e. The van der Waals surface area contributed by atoms with E-state index in [9.17, 15) is 4.79 Å². The van der Waals surface area contributed by atoms with Crippen molar-refractivity contribution < 1.29 is 4.79 Å². The van der Waals surface area contributed by atoms with Crippen molar-refractivity contribution in [3.63, 3.8) is 0 Å². The van der Waals surface area contributed by atoms with Gasteiger partial charge in [0.2, 0.25) is 0 Å². The van der Waals surface area contributed by atoms with Crippen LogP contribution in [0.15, 0.2) is 12.5 Å². The normalized spacial score (nSPS) is 10.7. The number of carbonyl (C=O) groups excluding carboxylic acids is 1. The molecule has 0 radical (unpaired) electrons. The number of rotatable bonds is 2. The van der Waals surface area contributed by atoms with Crippen molar-refractivity contribution in [1.29, 1.82) is 0 Å². The molecule has 0 bridgehead atoms. The fourth-order valence-corrected chi connectivity index (χ4v) is 1.11. The molecule has 0 fully saturated rings. The van der Waals surface area contributed by atoms with E-state index in [2.05, 4.69) is 16.8 Å². The van der Waals surface area contributed by atoms with Crippen molar-refractivity contribution >= 4 is 5.78 Å². The van der Waals surface area contributed by atoms with Crippen LogP contribution < -0.4 is 0 Å². The summed E-state index contributed by atoms with van der Waals surface area (Å²) in [7, 11) is 1.80. The summed E-state index contributed by atoms with van der Waals surface area (Å²) in [5.41, 5.74) is 0.561. The number of hydrogen-bond acceptors (Lipinski definition) is 2. The molecule has 0 saturated carbocycles. The number of Topliss-reactive ketones (excluding diaryl/α,β-unsaturated/α-hetero) is 1. The number of nitrogens with zero attached hydrogens (tertiary/aromatic N) is 2. The molecule has 0 unspecified atom stereocenters. The lowest BCUT2D eigenvalue weighted by atomic mass is 9.97. The molecule has 15 heavy (non-hydrogen) atoms. The Kier molecular flexibility index (Phi) is 3.31. The van der Waals surface area contributed by atoms with Gasteiger partial charge in [-0.1, -0.05) is 11.8 Å². The van der Waals surface area contributed by atoms with Crippen LogP contribution in [-0.2, 0) is 7.05 Å². The van der Waals surface area contributed by atoms with Crippen molar-refractivity contribution in [3.05, 3.63) is 18.2 Å². The van der Waals surface area contributed by atoms with Crippen LogP contribution in [0.3, 0.4) is 0 Å². The van der Waals surface area contributed by atoms with E-state index in [1.807, 2.05) is 20.8 Å². The summed E-state index contributed by atoms with van der Waals surface area (Å²) in [6, 6.07) is 0. The lowest BCUT2D eigenvalue weighted by Crippen LogP contribution is -2.05. The number of imidazole rings is 1. The minimum atomic E-state index is -0.0489. The Morgan fingerprint density at radius 3 is 2.67 bits per heavy atom. The molecule has 1 heterocycles. The average molecular weight is 204 g/mol. The van der Waals surface area contributed by atoms with E-state index in [0.717, 1.165) is 0 Å². The molecule has 3 heteroatoms. The quantitative estimate of drug-likeness (QED) is 0.546. The highest BCUT2D eigenvalue weighted by Gasteiger charge is 2.08. The van der Waals surface area contributed by atoms with Gasteiger partial charge in [-0.25, -0.2) is 4.98 Å². The molecule has 1 rings (SSSR count). The lowest BCUT2D eigenvalue weighted by Gasteiger charge is -2.06. The van der Waals surface area contributed by atoms with E-state index in [-0.39, 0.29) is 17.6 Å². The summed E-state index contributed by atoms with van der Waals surface area (Å²) >= 11 is 0. The summed E-state index contributed by atoms with van der Waals surface area (Å²) in [6.07, 6.45) is 3.45. The highest BCUT2D eigenvalue weighted by molar-refractivity contribution is 5.95. The van der Waals surface area contributed by atoms with Gasteiger partial charge in [-0.2, -0.15) is 0 Å². The molecule has 80 valence electrons. The molecule has 0 amide bonds. The van der Waals surface area contributed by atoms with E-state index in [4.69, 9.17) is 0 Å². The van der Waals surface area contributed by atoms with E-state index in [1.54, 1.807) is 24.1 Å². The van der Waals surface area contributed by atoms with Crippen LogP contribution in [0.25, 0.3) is 0 Å². The third-order valence-corrected chi connectivity index (χ3v) is 1.81. The van der Waals surface area contributed by atoms with Crippen LogP contribution >= 0.6 is 0 Å². The number of hydrogen-bond donors (Lipinski definition) is 0. The monoisotopic (exact) mass is 204 g/mol. The Balaban J connectivity index is 2.65. The molecule has 0 aliphatic rings. The first-order valence-electron chi connectivity index (χ1n) is 4.90. The summed E-state index contributed by atoms with van der Waals surface area (Å²) in [5, 5.41) is 0. The Morgan fingerprint density at radius 1 is 1.53 bits per heavy atom. The second-order valence-corrected chi connectivity index (χ2v) is 4.54. The Morgan fingerprint density at radius 2 is 2.20 bits per heavy atom. The summed E-state index contributed by atoms with van der Waals surface area (Å²) in [4.78, 5) is 15.5. The zero-order valence-corrected chi connectivity index (χ0v) is 9.66. The highest BCUT2D eigenvalue weighted by atomic mass is 16.1. The fraction of sp³-hybridized carbons (Fsp3) is 0.500. The maximum absolute atomic E-state index is 11.6. The van der Waals surface area contributed by atoms with Gasteiger partial charge in [-0.15, -0.1) is 0 Å². The number of aromatic nitrogens is 2. The van der Waals surface area contributed by atoms with Gasteiger partial charge in [0.05, 0.1) is 18.9 Å². The predicted octanol–water partition coefficient (Wildman–Crippen LogP) is 2.04. The van der Waals surface area contributed by atoms with Gasteiger partial charge < -0.3 is 4.57 Å². The molecule has 0 saturated heterocycles. The first-order chi connectivity index (χ1) is 6.90. The molecular formula is C12H16N2O. The maximum Gasteiger partial charge on any atom is 0.192 e. The molecule has 0 N–H and O–H groups in total. The summed E-state index contributed by atoms with van der Waals surface area (Å²) in [5.74, 6) is 5.95. The Labute approximate surface area is 90.5 Å². The Bertz CT molecular complexity index is 413. The topological polar surface area (TPSA) is 34.9 Å². The van der Waals surface area contributed by atoms with Crippen molar-refractivity contribution in [2.75, 3.05) is 0 Å². The van der Waals surface area contributed by atoms with E-state index in [1.165, 1.54) is 0 Å². The van der Waals surface area contributed by atoms with E-state index in [0.29, 0.717) is 5.69 Å². The SMILES string of the molecule is Cn1cncc1C(=O)CC#CC(C)(C)C. The smallest absolute Gasteiger partial charge is 0.192 e. The van der Waals surface area contributed by atoms with Gasteiger partial charge in [-0.05, 0) is 20.8 Å². The van der Waals surface area contributed by atoms with E-state index >= 15 is 0 Å². The maximum atomic E-state index is 11.6. The first-order valence-corrected chi connectivity index (χ1v) is 4.90. The number of ketones is 1. The second kappa shape index (κ2) is 4.31. The van der Waals surface area contributed by atoms with Crippen molar-refractivity contribution in [1.82, 2.24) is 9.55 Å².